The fourth-order valence-corrected chi connectivity index (χ4v) is 11.1. The van der Waals surface area contributed by atoms with Gasteiger partial charge in [-0.3, -0.25) is 19.4 Å². The van der Waals surface area contributed by atoms with E-state index in [0.717, 1.165) is 146 Å². The molecule has 0 radical (unpaired) electrons. The summed E-state index contributed by atoms with van der Waals surface area (Å²) in [5, 5.41) is 8.76. The van der Waals surface area contributed by atoms with Gasteiger partial charge in [-0.05, 0) is 105 Å². The first-order chi connectivity index (χ1) is 33.5. The molecule has 0 bridgehead atoms. The monoisotopic (exact) mass is 1080 g/mol. The number of aryl methyl sites for hydroxylation is 4. The van der Waals surface area contributed by atoms with Crippen LogP contribution < -0.4 is 0 Å². The first-order valence-corrected chi connectivity index (χ1v) is 26.0. The number of carbonyl (C=O) groups excluding carboxylic acids is 2. The number of benzene rings is 2. The Labute approximate surface area is 431 Å². The smallest absolute Gasteiger partial charge is 0.257 e. The molecule has 70 heavy (non-hydrogen) atoms. The van der Waals surface area contributed by atoms with Crippen LogP contribution in [0.1, 0.15) is 108 Å². The fourth-order valence-electron chi connectivity index (χ4n) is 10.6. The molecule has 6 heterocycles. The molecule has 4 fully saturated rings. The summed E-state index contributed by atoms with van der Waals surface area (Å²) >= 11 is 7.02. The van der Waals surface area contributed by atoms with Crippen LogP contribution in [0, 0.1) is 27.7 Å². The highest BCUT2D eigenvalue weighted by atomic mass is 79.9. The third-order valence-electron chi connectivity index (χ3n) is 15.0. The Bertz CT molecular complexity index is 2300. The zero-order valence-corrected chi connectivity index (χ0v) is 45.8. The van der Waals surface area contributed by atoms with Gasteiger partial charge >= 0.3 is 0 Å². The number of aromatic nitrogens is 4. The molecule has 8 rings (SSSR count). The normalized spacial score (nSPS) is 21.2. The van der Waals surface area contributed by atoms with E-state index in [9.17, 15) is 9.59 Å². The third kappa shape index (κ3) is 11.8. The van der Waals surface area contributed by atoms with Crippen molar-refractivity contribution in [3.63, 3.8) is 0 Å². The second kappa shape index (κ2) is 23.0. The van der Waals surface area contributed by atoms with Crippen molar-refractivity contribution >= 4 is 55.3 Å². The lowest BCUT2D eigenvalue weighted by atomic mass is 9.86. The zero-order valence-electron chi connectivity index (χ0n) is 42.6. The molecule has 18 heteroatoms. The van der Waals surface area contributed by atoms with Crippen LogP contribution in [0.15, 0.2) is 80.4 Å². The highest BCUT2D eigenvalue weighted by Crippen LogP contribution is 2.34. The molecule has 2 amide bonds. The average molecular weight is 1090 g/mol. The summed E-state index contributed by atoms with van der Waals surface area (Å²) in [6, 6.07) is 16.9. The Hall–Kier alpha value is -5.04. The molecule has 0 spiro atoms. The van der Waals surface area contributed by atoms with Crippen LogP contribution in [0.2, 0.25) is 0 Å². The fraction of sp³-hybridized carbons (Fsp3) is 0.538. The third-order valence-corrected chi connectivity index (χ3v) is 16.1. The highest BCUT2D eigenvalue weighted by molar-refractivity contribution is 9.10. The maximum atomic E-state index is 13.2. The van der Waals surface area contributed by atoms with Gasteiger partial charge < -0.3 is 29.3 Å². The number of piperidine rings is 2. The summed E-state index contributed by atoms with van der Waals surface area (Å²) in [6.07, 6.45) is 6.84. The minimum Gasteiger partial charge on any atom is -0.397 e. The van der Waals surface area contributed by atoms with Gasteiger partial charge in [-0.1, -0.05) is 66.4 Å². The van der Waals surface area contributed by atoms with E-state index in [1.165, 1.54) is 12.7 Å². The summed E-state index contributed by atoms with van der Waals surface area (Å²) in [5.41, 5.74) is 6.51. The summed E-state index contributed by atoms with van der Waals surface area (Å²) in [7, 11) is 3.20. The predicted octanol–water partition coefficient (Wildman–Crippen LogP) is 7.73. The number of carbonyl (C=O) groups is 2. The molecule has 2 atom stereocenters. The molecule has 4 saturated heterocycles. The molecule has 4 aliphatic heterocycles. The van der Waals surface area contributed by atoms with Crippen molar-refractivity contribution in [2.45, 2.75) is 104 Å². The van der Waals surface area contributed by atoms with E-state index in [1.807, 2.05) is 61.8 Å². The Balaban J connectivity index is 0.000000206. The van der Waals surface area contributed by atoms with Crippen LogP contribution in [0.3, 0.4) is 0 Å². The van der Waals surface area contributed by atoms with Crippen LogP contribution in [0.25, 0.3) is 0 Å². The van der Waals surface area contributed by atoms with Crippen molar-refractivity contribution in [2.75, 3.05) is 79.7 Å². The molecule has 4 aromatic rings. The molecular weight excluding hydrogens is 1020 g/mol. The Kier molecular flexibility index (Phi) is 17.4. The largest absolute Gasteiger partial charge is 0.397 e. The van der Waals surface area contributed by atoms with Gasteiger partial charge in [-0.15, -0.1) is 0 Å². The van der Waals surface area contributed by atoms with Crippen molar-refractivity contribution < 1.29 is 19.3 Å². The van der Waals surface area contributed by atoms with Gasteiger partial charge in [0.2, 0.25) is 0 Å². The van der Waals surface area contributed by atoms with Gasteiger partial charge in [-0.2, -0.15) is 0 Å². The molecule has 0 N–H and O–H groups in total. The van der Waals surface area contributed by atoms with Gasteiger partial charge in [0.15, 0.2) is 11.7 Å². The van der Waals surface area contributed by atoms with E-state index in [-0.39, 0.29) is 35.0 Å². The number of rotatable bonds is 8. The minimum atomic E-state index is 0.0516. The van der Waals surface area contributed by atoms with Gasteiger partial charge in [0.1, 0.15) is 26.9 Å². The van der Waals surface area contributed by atoms with E-state index in [2.05, 4.69) is 134 Å². The number of oxime groups is 2. The molecule has 376 valence electrons. The van der Waals surface area contributed by atoms with Crippen LogP contribution in [-0.2, 0) is 9.68 Å². The second-order valence-electron chi connectivity index (χ2n) is 19.6. The predicted molar refractivity (Wildman–Crippen MR) is 281 cm³/mol. The molecule has 4 aliphatic rings. The Morgan fingerprint density at radius 2 is 0.857 bits per heavy atom. The SMILES string of the molecule is CON=C(c1ccc(Br)cc1)N1CCN(C2(C)CCN(C(=O)c3c(C)ncnc3C)CC2)C[C@@H]1C.CON=C(c1ccc(Br)cc1)N1CCN(C2(C)CCN(C(=O)c3c(C)ncnc3C)CC2)C[C@@H]1C. The summed E-state index contributed by atoms with van der Waals surface area (Å²) in [4.78, 5) is 67.6. The summed E-state index contributed by atoms with van der Waals surface area (Å²) in [5.74, 6) is 1.84. The minimum absolute atomic E-state index is 0.0516. The van der Waals surface area contributed by atoms with Gasteiger partial charge in [0.05, 0.1) is 33.9 Å². The first-order valence-electron chi connectivity index (χ1n) is 24.4. The summed E-state index contributed by atoms with van der Waals surface area (Å²) < 4.78 is 2.08. The van der Waals surface area contributed by atoms with E-state index >= 15 is 0 Å². The molecule has 0 unspecified atom stereocenters. The van der Waals surface area contributed by atoms with Gasteiger partial charge in [0.25, 0.3) is 11.8 Å². The standard InChI is InChI=1S/2C26H35BrN6O2/c2*1-18-16-32(14-15-33(18)24(30-35-5)21-6-8-22(27)9-7-21)26(4)10-12-31(13-11-26)25(34)23-19(2)28-17-29-20(23)3/h2*6-9,17-18H,10-16H2,1-5H3/t2*18-/m00/s1. The van der Waals surface area contributed by atoms with Crippen LogP contribution in [0.5, 0.6) is 0 Å². The van der Waals surface area contributed by atoms with Crippen LogP contribution >= 0.6 is 31.9 Å². The van der Waals surface area contributed by atoms with Crippen LogP contribution in [-0.4, -0.2) is 176 Å². The number of amidine groups is 2. The summed E-state index contributed by atoms with van der Waals surface area (Å²) in [6.45, 7) is 25.2. The lowest BCUT2D eigenvalue weighted by molar-refractivity contribution is -0.00188. The second-order valence-corrected chi connectivity index (χ2v) is 21.4. The first kappa shape index (κ1) is 52.8. The molecule has 2 aromatic carbocycles. The van der Waals surface area contributed by atoms with Crippen molar-refractivity contribution in [1.29, 1.82) is 0 Å². The lowest BCUT2D eigenvalue weighted by Gasteiger charge is -2.52. The Morgan fingerprint density at radius 3 is 1.14 bits per heavy atom. The van der Waals surface area contributed by atoms with E-state index in [1.54, 1.807) is 14.2 Å². The highest BCUT2D eigenvalue weighted by Gasteiger charge is 2.43. The zero-order chi connectivity index (χ0) is 50.3. The number of piperazine rings is 2. The lowest BCUT2D eigenvalue weighted by Crippen LogP contribution is -2.63. The molecule has 16 nitrogen and oxygen atoms in total. The van der Waals surface area contributed by atoms with Crippen molar-refractivity contribution in [2.24, 2.45) is 10.3 Å². The number of hydrogen-bond donors (Lipinski definition) is 0. The maximum absolute atomic E-state index is 13.2. The molecule has 0 aliphatic carbocycles. The molecule has 2 aromatic heterocycles. The average Bonchev–Trinajstić information content (AvgIpc) is 3.34. The van der Waals surface area contributed by atoms with Crippen molar-refractivity contribution in [3.8, 4) is 0 Å². The van der Waals surface area contributed by atoms with Gasteiger partial charge in [-0.25, -0.2) is 19.9 Å². The quantitative estimate of drug-likeness (QED) is 0.0967. The number of likely N-dealkylation sites (tertiary alicyclic amines) is 2. The topological polar surface area (TPSA) is 148 Å². The number of nitrogens with zero attached hydrogens (tertiary/aromatic N) is 12. The van der Waals surface area contributed by atoms with E-state index in [0.29, 0.717) is 11.1 Å². The van der Waals surface area contributed by atoms with Gasteiger partial charge in [0, 0.05) is 109 Å². The number of hydrogen-bond acceptors (Lipinski definition) is 12. The number of amides is 2. The molecule has 0 saturated carbocycles. The van der Waals surface area contributed by atoms with Crippen LogP contribution in [0.4, 0.5) is 0 Å². The Morgan fingerprint density at radius 1 is 0.543 bits per heavy atom. The van der Waals surface area contributed by atoms with Crippen molar-refractivity contribution in [3.05, 3.63) is 115 Å². The van der Waals surface area contributed by atoms with E-state index < -0.39 is 0 Å². The number of halogens is 2. The molecular formula is C52H70Br2N12O4. The van der Waals surface area contributed by atoms with E-state index in [4.69, 9.17) is 9.68 Å². The van der Waals surface area contributed by atoms with Crippen molar-refractivity contribution in [1.82, 2.24) is 49.3 Å². The maximum Gasteiger partial charge on any atom is 0.257 e.